The summed E-state index contributed by atoms with van der Waals surface area (Å²) in [5, 5.41) is 6.20. The molecular formula is C29H33F3N2O3. The first-order valence-electron chi connectivity index (χ1n) is 12.3. The van der Waals surface area contributed by atoms with Crippen LogP contribution in [0.4, 0.5) is 13.2 Å². The van der Waals surface area contributed by atoms with E-state index in [0.29, 0.717) is 37.6 Å². The van der Waals surface area contributed by atoms with Crippen molar-refractivity contribution in [2.75, 3.05) is 20.3 Å². The van der Waals surface area contributed by atoms with Crippen molar-refractivity contribution in [2.24, 2.45) is 0 Å². The van der Waals surface area contributed by atoms with E-state index in [1.165, 1.54) is 12.1 Å². The molecule has 0 aliphatic carbocycles. The molecule has 2 N–H and O–H groups in total. The maximum Gasteiger partial charge on any atom is 0.416 e. The van der Waals surface area contributed by atoms with E-state index >= 15 is 0 Å². The van der Waals surface area contributed by atoms with Crippen LogP contribution >= 0.6 is 0 Å². The van der Waals surface area contributed by atoms with E-state index in [2.05, 4.69) is 10.6 Å². The van der Waals surface area contributed by atoms with E-state index in [0.717, 1.165) is 28.8 Å². The Bertz CT molecular complexity index is 1140. The van der Waals surface area contributed by atoms with E-state index in [1.807, 2.05) is 62.4 Å². The van der Waals surface area contributed by atoms with E-state index in [-0.39, 0.29) is 11.9 Å². The Balaban J connectivity index is 1.93. The number of benzene rings is 3. The molecule has 1 amide bonds. The summed E-state index contributed by atoms with van der Waals surface area (Å²) < 4.78 is 50.5. The Kier molecular flexibility index (Phi) is 9.97. The van der Waals surface area contributed by atoms with Crippen molar-refractivity contribution in [1.29, 1.82) is 0 Å². The predicted molar refractivity (Wildman–Crippen MR) is 138 cm³/mol. The van der Waals surface area contributed by atoms with E-state index in [1.54, 1.807) is 7.05 Å². The molecule has 0 unspecified atom stereocenters. The van der Waals surface area contributed by atoms with Gasteiger partial charge in [0.05, 0.1) is 18.8 Å². The zero-order valence-electron chi connectivity index (χ0n) is 21.3. The Hall–Kier alpha value is -3.52. The van der Waals surface area contributed by atoms with Crippen LogP contribution in [0.3, 0.4) is 0 Å². The lowest BCUT2D eigenvalue weighted by atomic mass is 9.95. The molecule has 0 saturated heterocycles. The largest absolute Gasteiger partial charge is 0.490 e. The maximum absolute atomic E-state index is 13.0. The lowest BCUT2D eigenvalue weighted by Crippen LogP contribution is -2.38. The quantitative estimate of drug-likeness (QED) is 0.300. The Morgan fingerprint density at radius 2 is 1.51 bits per heavy atom. The molecule has 8 heteroatoms. The van der Waals surface area contributed by atoms with E-state index in [9.17, 15) is 18.0 Å². The molecule has 0 radical (unpaired) electrons. The highest BCUT2D eigenvalue weighted by Crippen LogP contribution is 2.34. The number of carbonyl (C=O) groups is 1. The zero-order chi connectivity index (χ0) is 26.8. The number of ether oxygens (including phenoxy) is 2. The van der Waals surface area contributed by atoms with Gasteiger partial charge in [0.15, 0.2) is 11.5 Å². The summed E-state index contributed by atoms with van der Waals surface area (Å²) in [4.78, 5) is 12.9. The standard InChI is InChI=1S/C29H33F3N2O3/c1-4-36-25-18-14-22(19-26(25)37-5-2)24(17-13-20-11-15-23(16-12-20)29(30,31)32)34-27(28(35)33-3)21-9-7-6-8-10-21/h6-12,14-16,18-19,24,27,34H,4-5,13,17H2,1-3H3,(H,33,35)/t24-,27+/m0/s1. The molecule has 0 aliphatic heterocycles. The third-order valence-electron chi connectivity index (χ3n) is 5.98. The lowest BCUT2D eigenvalue weighted by molar-refractivity contribution is -0.137. The summed E-state index contributed by atoms with van der Waals surface area (Å²) in [6, 6.07) is 19.3. The fourth-order valence-electron chi connectivity index (χ4n) is 4.12. The van der Waals surface area contributed by atoms with Crippen LogP contribution in [0.1, 0.15) is 54.6 Å². The van der Waals surface area contributed by atoms with Gasteiger partial charge in [0, 0.05) is 13.1 Å². The number of carbonyl (C=O) groups excluding carboxylic acids is 1. The van der Waals surface area contributed by atoms with Crippen LogP contribution in [0, 0.1) is 0 Å². The number of aryl methyl sites for hydroxylation is 1. The third-order valence-corrected chi connectivity index (χ3v) is 5.98. The number of likely N-dealkylation sites (N-methyl/N-ethyl adjacent to an activating group) is 1. The van der Waals surface area contributed by atoms with Gasteiger partial charge in [-0.25, -0.2) is 0 Å². The lowest BCUT2D eigenvalue weighted by Gasteiger charge is -2.26. The highest BCUT2D eigenvalue weighted by Gasteiger charge is 2.30. The monoisotopic (exact) mass is 514 g/mol. The summed E-state index contributed by atoms with van der Waals surface area (Å²) >= 11 is 0. The Labute approximate surface area is 216 Å². The average Bonchev–Trinajstić information content (AvgIpc) is 2.90. The minimum Gasteiger partial charge on any atom is -0.490 e. The van der Waals surface area contributed by atoms with Crippen LogP contribution in [0.5, 0.6) is 11.5 Å². The Morgan fingerprint density at radius 1 is 0.865 bits per heavy atom. The van der Waals surface area contributed by atoms with Crippen LogP contribution < -0.4 is 20.1 Å². The average molecular weight is 515 g/mol. The van der Waals surface area contributed by atoms with E-state index < -0.39 is 17.8 Å². The van der Waals surface area contributed by atoms with Gasteiger partial charge >= 0.3 is 6.18 Å². The molecule has 37 heavy (non-hydrogen) atoms. The molecule has 0 aliphatic rings. The number of nitrogens with one attached hydrogen (secondary N) is 2. The molecule has 198 valence electrons. The van der Waals surface area contributed by atoms with Crippen LogP contribution in [0.2, 0.25) is 0 Å². The first kappa shape index (κ1) is 28.1. The van der Waals surface area contributed by atoms with Crippen molar-refractivity contribution in [3.05, 3.63) is 95.1 Å². The minimum absolute atomic E-state index is 0.193. The van der Waals surface area contributed by atoms with Crippen molar-refractivity contribution in [3.8, 4) is 11.5 Å². The summed E-state index contributed by atoms with van der Waals surface area (Å²) in [7, 11) is 1.58. The van der Waals surface area contributed by atoms with Crippen molar-refractivity contribution in [3.63, 3.8) is 0 Å². The molecule has 0 heterocycles. The summed E-state index contributed by atoms with van der Waals surface area (Å²) in [6.45, 7) is 4.73. The fraction of sp³-hybridized carbons (Fsp3) is 0.345. The number of hydrogen-bond acceptors (Lipinski definition) is 4. The molecule has 3 aromatic carbocycles. The first-order chi connectivity index (χ1) is 17.8. The normalized spacial score (nSPS) is 13.0. The summed E-state index contributed by atoms with van der Waals surface area (Å²) in [5.74, 6) is 1.03. The molecule has 2 atom stereocenters. The van der Waals surface area contributed by atoms with Gasteiger partial charge < -0.3 is 14.8 Å². The second-order valence-electron chi connectivity index (χ2n) is 8.48. The maximum atomic E-state index is 13.0. The number of amides is 1. The van der Waals surface area contributed by atoms with Crippen LogP contribution in [-0.2, 0) is 17.4 Å². The van der Waals surface area contributed by atoms with Crippen molar-refractivity contribution >= 4 is 5.91 Å². The second-order valence-corrected chi connectivity index (χ2v) is 8.48. The predicted octanol–water partition coefficient (Wildman–Crippen LogP) is 6.25. The molecule has 0 fully saturated rings. The highest BCUT2D eigenvalue weighted by atomic mass is 19.4. The van der Waals surface area contributed by atoms with Gasteiger partial charge in [0.2, 0.25) is 5.91 Å². The zero-order valence-corrected chi connectivity index (χ0v) is 21.3. The van der Waals surface area contributed by atoms with Crippen molar-refractivity contribution < 1.29 is 27.4 Å². The van der Waals surface area contributed by atoms with Gasteiger partial charge in [-0.05, 0) is 67.6 Å². The van der Waals surface area contributed by atoms with E-state index in [4.69, 9.17) is 9.47 Å². The fourth-order valence-corrected chi connectivity index (χ4v) is 4.12. The minimum atomic E-state index is -4.38. The molecule has 0 aromatic heterocycles. The van der Waals surface area contributed by atoms with Gasteiger partial charge in [-0.1, -0.05) is 48.5 Å². The molecule has 0 bridgehead atoms. The van der Waals surface area contributed by atoms with Crippen LogP contribution in [-0.4, -0.2) is 26.2 Å². The smallest absolute Gasteiger partial charge is 0.416 e. The number of hydrogen-bond donors (Lipinski definition) is 2. The van der Waals surface area contributed by atoms with Gasteiger partial charge in [-0.3, -0.25) is 10.1 Å². The SMILES string of the molecule is CCOc1ccc([C@H](CCc2ccc(C(F)(F)F)cc2)N[C@@H](C(=O)NC)c2ccccc2)cc1OCC. The second kappa shape index (κ2) is 13.1. The molecule has 3 aromatic rings. The third kappa shape index (κ3) is 7.73. The molecule has 0 spiro atoms. The molecule has 0 saturated carbocycles. The van der Waals surface area contributed by atoms with Crippen molar-refractivity contribution in [2.45, 2.75) is 44.9 Å². The van der Waals surface area contributed by atoms with Gasteiger partial charge in [0.1, 0.15) is 6.04 Å². The number of alkyl halides is 3. The van der Waals surface area contributed by atoms with Crippen LogP contribution in [0.25, 0.3) is 0 Å². The Morgan fingerprint density at radius 3 is 2.11 bits per heavy atom. The molecule has 5 nitrogen and oxygen atoms in total. The highest BCUT2D eigenvalue weighted by molar-refractivity contribution is 5.83. The van der Waals surface area contributed by atoms with Gasteiger partial charge in [-0.15, -0.1) is 0 Å². The van der Waals surface area contributed by atoms with Gasteiger partial charge in [0.25, 0.3) is 0 Å². The molecular weight excluding hydrogens is 481 g/mol. The summed E-state index contributed by atoms with van der Waals surface area (Å²) in [6.07, 6.45) is -3.34. The van der Waals surface area contributed by atoms with Crippen molar-refractivity contribution in [1.82, 2.24) is 10.6 Å². The topological polar surface area (TPSA) is 59.6 Å². The van der Waals surface area contributed by atoms with Gasteiger partial charge in [-0.2, -0.15) is 13.2 Å². The molecule has 3 rings (SSSR count). The number of rotatable bonds is 12. The summed E-state index contributed by atoms with van der Waals surface area (Å²) in [5.41, 5.74) is 1.77. The van der Waals surface area contributed by atoms with Crippen LogP contribution in [0.15, 0.2) is 72.8 Å². The first-order valence-corrected chi connectivity index (χ1v) is 12.3. The number of halogens is 3.